The molecule has 3 aromatic rings. The first kappa shape index (κ1) is 22.0. The van der Waals surface area contributed by atoms with Crippen molar-refractivity contribution in [2.24, 2.45) is 0 Å². The van der Waals surface area contributed by atoms with Gasteiger partial charge in [0, 0.05) is 48.4 Å². The van der Waals surface area contributed by atoms with E-state index in [2.05, 4.69) is 26.2 Å². The number of para-hydroxylation sites is 1. The molecule has 1 atom stereocenters. The second kappa shape index (κ2) is 10.0. The highest BCUT2D eigenvalue weighted by molar-refractivity contribution is 6.06. The molecule has 0 bridgehead atoms. The Labute approximate surface area is 194 Å². The van der Waals surface area contributed by atoms with E-state index in [4.69, 9.17) is 10.1 Å². The molecule has 2 fully saturated rings. The van der Waals surface area contributed by atoms with E-state index in [1.807, 2.05) is 36.5 Å². The monoisotopic (exact) mass is 447 g/mol. The molecule has 1 unspecified atom stereocenters. The topological polar surface area (TPSA) is 83.3 Å². The summed E-state index contributed by atoms with van der Waals surface area (Å²) in [6.45, 7) is 3.02. The van der Waals surface area contributed by atoms with Crippen molar-refractivity contribution < 1.29 is 9.90 Å². The molecular formula is C26H33N5O2. The number of benzene rings is 1. The van der Waals surface area contributed by atoms with Crippen molar-refractivity contribution in [3.63, 3.8) is 0 Å². The Morgan fingerprint density at radius 1 is 1.15 bits per heavy atom. The highest BCUT2D eigenvalue weighted by Gasteiger charge is 2.27. The van der Waals surface area contributed by atoms with Gasteiger partial charge >= 0.3 is 0 Å². The van der Waals surface area contributed by atoms with Gasteiger partial charge in [-0.2, -0.15) is 5.10 Å². The first-order valence-electron chi connectivity index (χ1n) is 12.3. The van der Waals surface area contributed by atoms with Crippen molar-refractivity contribution in [1.82, 2.24) is 25.0 Å². The maximum Gasteiger partial charge on any atom is 0.252 e. The average Bonchev–Trinajstić information content (AvgIpc) is 3.52. The first-order chi connectivity index (χ1) is 16.2. The molecule has 3 heterocycles. The number of rotatable bonds is 7. The van der Waals surface area contributed by atoms with Gasteiger partial charge in [-0.15, -0.1) is 0 Å². The minimum atomic E-state index is -0.158. The number of hydrogen-bond acceptors (Lipinski definition) is 5. The number of pyridine rings is 1. The van der Waals surface area contributed by atoms with Gasteiger partial charge in [0.25, 0.3) is 5.91 Å². The fourth-order valence-corrected chi connectivity index (χ4v) is 5.34. The van der Waals surface area contributed by atoms with Crippen LogP contribution in [0.2, 0.25) is 0 Å². The van der Waals surface area contributed by atoms with Gasteiger partial charge in [0.2, 0.25) is 0 Å². The summed E-state index contributed by atoms with van der Waals surface area (Å²) in [6, 6.07) is 10.3. The van der Waals surface area contributed by atoms with Gasteiger partial charge in [0.15, 0.2) is 0 Å². The highest BCUT2D eigenvalue weighted by Crippen LogP contribution is 2.31. The predicted octanol–water partition coefficient (Wildman–Crippen LogP) is 3.65. The van der Waals surface area contributed by atoms with Gasteiger partial charge in [0.05, 0.1) is 29.9 Å². The van der Waals surface area contributed by atoms with Crippen molar-refractivity contribution >= 4 is 16.8 Å². The molecule has 174 valence electrons. The van der Waals surface area contributed by atoms with Crippen LogP contribution in [0.3, 0.4) is 0 Å². The summed E-state index contributed by atoms with van der Waals surface area (Å²) >= 11 is 0. The molecule has 2 N–H and O–H groups in total. The number of aliphatic hydroxyl groups is 1. The van der Waals surface area contributed by atoms with E-state index in [1.165, 1.54) is 37.7 Å². The Kier molecular flexibility index (Phi) is 6.69. The largest absolute Gasteiger partial charge is 0.395 e. The molecule has 0 spiro atoms. The Morgan fingerprint density at radius 2 is 2.00 bits per heavy atom. The molecule has 7 heteroatoms. The third-order valence-corrected chi connectivity index (χ3v) is 7.08. The SMILES string of the molecule is O=C(NCCO)c1cc(C2CCN(Cc3cnn(C4CCCCC4)c3)C2)nc2ccccc12. The van der Waals surface area contributed by atoms with Crippen LogP contribution in [0.5, 0.6) is 0 Å². The summed E-state index contributed by atoms with van der Waals surface area (Å²) in [5.41, 5.74) is 3.73. The summed E-state index contributed by atoms with van der Waals surface area (Å²) in [5.74, 6) is 0.140. The fourth-order valence-electron chi connectivity index (χ4n) is 5.34. The Morgan fingerprint density at radius 3 is 2.85 bits per heavy atom. The molecule has 1 aliphatic carbocycles. The summed E-state index contributed by atoms with van der Waals surface area (Å²) < 4.78 is 2.18. The van der Waals surface area contributed by atoms with Gasteiger partial charge in [-0.1, -0.05) is 37.5 Å². The number of carbonyl (C=O) groups is 1. The average molecular weight is 448 g/mol. The van der Waals surface area contributed by atoms with Crippen molar-refractivity contribution in [3.8, 4) is 0 Å². The van der Waals surface area contributed by atoms with Crippen molar-refractivity contribution in [1.29, 1.82) is 0 Å². The van der Waals surface area contributed by atoms with Crippen LogP contribution in [0.15, 0.2) is 42.7 Å². The summed E-state index contributed by atoms with van der Waals surface area (Å²) in [7, 11) is 0. The van der Waals surface area contributed by atoms with Crippen LogP contribution in [0, 0.1) is 0 Å². The number of nitrogens with one attached hydrogen (secondary N) is 1. The fraction of sp³-hybridized carbons (Fsp3) is 0.500. The summed E-state index contributed by atoms with van der Waals surface area (Å²) in [5, 5.41) is 17.4. The molecular weight excluding hydrogens is 414 g/mol. The number of likely N-dealkylation sites (tertiary alicyclic amines) is 1. The molecule has 7 nitrogen and oxygen atoms in total. The van der Waals surface area contributed by atoms with Crippen LogP contribution >= 0.6 is 0 Å². The quantitative estimate of drug-likeness (QED) is 0.578. The van der Waals surface area contributed by atoms with E-state index in [9.17, 15) is 4.79 Å². The molecule has 2 aliphatic rings. The van der Waals surface area contributed by atoms with Crippen LogP contribution < -0.4 is 5.32 Å². The smallest absolute Gasteiger partial charge is 0.252 e. The first-order valence-corrected chi connectivity index (χ1v) is 12.3. The minimum Gasteiger partial charge on any atom is -0.395 e. The van der Waals surface area contributed by atoms with Gasteiger partial charge in [0.1, 0.15) is 0 Å². The lowest BCUT2D eigenvalue weighted by Crippen LogP contribution is -2.27. The van der Waals surface area contributed by atoms with E-state index >= 15 is 0 Å². The second-order valence-electron chi connectivity index (χ2n) is 9.43. The minimum absolute atomic E-state index is 0.0729. The predicted molar refractivity (Wildman–Crippen MR) is 128 cm³/mol. The lowest BCUT2D eigenvalue weighted by molar-refractivity contribution is 0.0946. The van der Waals surface area contributed by atoms with Crippen LogP contribution in [0.1, 0.15) is 72.1 Å². The Balaban J connectivity index is 1.29. The normalized spacial score (nSPS) is 19.8. The van der Waals surface area contributed by atoms with Gasteiger partial charge in [-0.05, 0) is 37.9 Å². The maximum absolute atomic E-state index is 12.8. The number of hydrogen-bond donors (Lipinski definition) is 2. The van der Waals surface area contributed by atoms with Crippen molar-refractivity contribution in [2.75, 3.05) is 26.2 Å². The molecule has 2 aromatic heterocycles. The highest BCUT2D eigenvalue weighted by atomic mass is 16.3. The molecule has 33 heavy (non-hydrogen) atoms. The van der Waals surface area contributed by atoms with Crippen LogP contribution in [-0.4, -0.2) is 56.9 Å². The third kappa shape index (κ3) is 4.94. The number of fused-ring (bicyclic) bond motifs is 1. The second-order valence-corrected chi connectivity index (χ2v) is 9.43. The van der Waals surface area contributed by atoms with Gasteiger partial charge in [-0.3, -0.25) is 19.4 Å². The van der Waals surface area contributed by atoms with E-state index < -0.39 is 0 Å². The summed E-state index contributed by atoms with van der Waals surface area (Å²) in [6.07, 6.45) is 11.8. The van der Waals surface area contributed by atoms with E-state index in [-0.39, 0.29) is 19.1 Å². The zero-order valence-electron chi connectivity index (χ0n) is 19.1. The van der Waals surface area contributed by atoms with E-state index in [1.54, 1.807) is 0 Å². The Hall–Kier alpha value is -2.77. The number of aromatic nitrogens is 3. The zero-order chi connectivity index (χ0) is 22.6. The molecule has 1 saturated heterocycles. The number of nitrogens with zero attached hydrogens (tertiary/aromatic N) is 4. The third-order valence-electron chi connectivity index (χ3n) is 7.08. The van der Waals surface area contributed by atoms with Crippen LogP contribution in [0.4, 0.5) is 0 Å². The maximum atomic E-state index is 12.8. The van der Waals surface area contributed by atoms with Crippen molar-refractivity contribution in [2.45, 2.75) is 57.0 Å². The lowest BCUT2D eigenvalue weighted by Gasteiger charge is -2.21. The zero-order valence-corrected chi connectivity index (χ0v) is 19.1. The number of amides is 1. The standard InChI is InChI=1S/C26H33N5O2/c32-13-11-27-26(33)23-14-25(29-24-9-5-4-8-22(23)24)20-10-12-30(18-20)16-19-15-28-31(17-19)21-6-2-1-3-7-21/h4-5,8-9,14-15,17,20-21,32H,1-3,6-7,10-13,16,18H2,(H,27,33). The van der Waals surface area contributed by atoms with Crippen LogP contribution in [0.25, 0.3) is 10.9 Å². The molecule has 5 rings (SSSR count). The Bertz CT molecular complexity index is 1110. The van der Waals surface area contributed by atoms with Gasteiger partial charge < -0.3 is 10.4 Å². The number of aliphatic hydroxyl groups excluding tert-OH is 1. The summed E-state index contributed by atoms with van der Waals surface area (Å²) in [4.78, 5) is 20.1. The molecule has 0 radical (unpaired) electrons. The van der Waals surface area contributed by atoms with Crippen LogP contribution in [-0.2, 0) is 6.54 Å². The van der Waals surface area contributed by atoms with E-state index in [0.29, 0.717) is 17.5 Å². The van der Waals surface area contributed by atoms with E-state index in [0.717, 1.165) is 42.7 Å². The molecule has 1 aromatic carbocycles. The van der Waals surface area contributed by atoms with Gasteiger partial charge in [-0.25, -0.2) is 0 Å². The molecule has 1 aliphatic heterocycles. The molecule has 1 saturated carbocycles. The molecule has 1 amide bonds. The lowest BCUT2D eigenvalue weighted by atomic mass is 9.96. The van der Waals surface area contributed by atoms with Crippen molar-refractivity contribution in [3.05, 3.63) is 59.5 Å². The number of carbonyl (C=O) groups excluding carboxylic acids is 1.